The lowest BCUT2D eigenvalue weighted by Gasteiger charge is -2.15. The number of pyridine rings is 1. The lowest BCUT2D eigenvalue weighted by molar-refractivity contribution is -0.116. The van der Waals surface area contributed by atoms with Crippen molar-refractivity contribution in [3.05, 3.63) is 83.9 Å². The summed E-state index contributed by atoms with van der Waals surface area (Å²) in [6, 6.07) is 9.32. The molecule has 0 radical (unpaired) electrons. The minimum absolute atomic E-state index is 0.0558. The van der Waals surface area contributed by atoms with Crippen LogP contribution in [0.4, 0.5) is 5.82 Å². The Bertz CT molecular complexity index is 1240. The van der Waals surface area contributed by atoms with Crippen molar-refractivity contribution in [3.63, 3.8) is 0 Å². The molecule has 5 rings (SSSR count). The molecule has 0 saturated heterocycles. The monoisotopic (exact) mass is 440 g/mol. The van der Waals surface area contributed by atoms with Gasteiger partial charge in [-0.15, -0.1) is 0 Å². The highest BCUT2D eigenvalue weighted by Gasteiger charge is 2.17. The third-order valence-corrected chi connectivity index (χ3v) is 5.90. The van der Waals surface area contributed by atoms with Gasteiger partial charge < -0.3 is 10.1 Å². The normalized spacial score (nSPS) is 16.3. The summed E-state index contributed by atoms with van der Waals surface area (Å²) in [5.74, 6) is 1.16. The number of aromatic amines is 1. The highest BCUT2D eigenvalue weighted by molar-refractivity contribution is 6.00. The van der Waals surface area contributed by atoms with Gasteiger partial charge in [-0.25, -0.2) is 4.98 Å². The van der Waals surface area contributed by atoms with Gasteiger partial charge in [-0.3, -0.25) is 14.7 Å². The van der Waals surface area contributed by atoms with Gasteiger partial charge in [0.25, 0.3) is 0 Å². The number of nitrogens with one attached hydrogen (secondary N) is 2. The molecule has 3 heterocycles. The standard InChI is InChI=1S/C26H24N4O3/c31-23(18-6-8-24-19(12-18)10-11-33-24)7-9-26(32)30-25-14-20(21-15-27-28-16-21)13-22(29-25)17-4-2-1-3-5-17/h1-4,6,8,12-17H,5,7,9-11H2,(H,27,28)(H,29,30,32). The van der Waals surface area contributed by atoms with Crippen LogP contribution >= 0.6 is 0 Å². The Labute approximate surface area is 191 Å². The van der Waals surface area contributed by atoms with E-state index in [9.17, 15) is 9.59 Å². The highest BCUT2D eigenvalue weighted by atomic mass is 16.5. The zero-order valence-electron chi connectivity index (χ0n) is 18.1. The summed E-state index contributed by atoms with van der Waals surface area (Å²) < 4.78 is 5.49. The van der Waals surface area contributed by atoms with Crippen LogP contribution in [0, 0.1) is 0 Å². The molecule has 0 spiro atoms. The number of allylic oxidation sites excluding steroid dienone is 4. The number of fused-ring (bicyclic) bond motifs is 1. The topological polar surface area (TPSA) is 97.0 Å². The van der Waals surface area contributed by atoms with E-state index in [0.717, 1.165) is 41.0 Å². The van der Waals surface area contributed by atoms with Crippen LogP contribution in [0.15, 0.2) is 67.0 Å². The van der Waals surface area contributed by atoms with Gasteiger partial charge in [-0.05, 0) is 47.9 Å². The van der Waals surface area contributed by atoms with Gasteiger partial charge in [0, 0.05) is 42.5 Å². The molecule has 2 N–H and O–H groups in total. The number of anilines is 1. The molecule has 7 heteroatoms. The van der Waals surface area contributed by atoms with Gasteiger partial charge in [0.1, 0.15) is 11.6 Å². The SMILES string of the molecule is O=C(CCC(=O)c1ccc2c(c1)CCO2)Nc1cc(-c2cn[nH]c2)cc(C2C=CC=CC2)n1. The van der Waals surface area contributed by atoms with E-state index < -0.39 is 0 Å². The van der Waals surface area contributed by atoms with Gasteiger partial charge in [-0.2, -0.15) is 5.10 Å². The number of nitrogens with zero attached hydrogens (tertiary/aromatic N) is 2. The number of hydrogen-bond donors (Lipinski definition) is 2. The Morgan fingerprint density at radius 3 is 2.88 bits per heavy atom. The molecular formula is C26H24N4O3. The maximum absolute atomic E-state index is 12.7. The summed E-state index contributed by atoms with van der Waals surface area (Å²) in [6.45, 7) is 0.648. The molecule has 1 atom stereocenters. The lowest BCUT2D eigenvalue weighted by atomic mass is 9.95. The van der Waals surface area contributed by atoms with Crippen LogP contribution in [0.3, 0.4) is 0 Å². The molecule has 1 aliphatic carbocycles. The fourth-order valence-corrected chi connectivity index (χ4v) is 4.12. The number of H-pyrrole nitrogens is 1. The van der Waals surface area contributed by atoms with Crippen molar-refractivity contribution in [2.75, 3.05) is 11.9 Å². The summed E-state index contributed by atoms with van der Waals surface area (Å²) >= 11 is 0. The Hall–Kier alpha value is -4.00. The average Bonchev–Trinajstić information content (AvgIpc) is 3.55. The fraction of sp³-hybridized carbons (Fsp3) is 0.231. The van der Waals surface area contributed by atoms with Crippen molar-refractivity contribution in [1.82, 2.24) is 15.2 Å². The Morgan fingerprint density at radius 1 is 1.12 bits per heavy atom. The molecule has 1 aromatic carbocycles. The molecule has 33 heavy (non-hydrogen) atoms. The van der Waals surface area contributed by atoms with E-state index in [4.69, 9.17) is 4.74 Å². The quantitative estimate of drug-likeness (QED) is 0.523. The van der Waals surface area contributed by atoms with Crippen LogP contribution in [-0.4, -0.2) is 33.5 Å². The first-order valence-electron chi connectivity index (χ1n) is 11.1. The van der Waals surface area contributed by atoms with Crippen molar-refractivity contribution in [2.45, 2.75) is 31.6 Å². The Morgan fingerprint density at radius 2 is 2.06 bits per heavy atom. The third kappa shape index (κ3) is 4.77. The summed E-state index contributed by atoms with van der Waals surface area (Å²) in [6.07, 6.45) is 13.7. The maximum Gasteiger partial charge on any atom is 0.225 e. The number of Topliss-reactive ketones (excluding diaryl/α,β-unsaturated/α-hetero) is 1. The summed E-state index contributed by atoms with van der Waals surface area (Å²) in [5, 5.41) is 9.73. The molecule has 0 bridgehead atoms. The van der Waals surface area contributed by atoms with Gasteiger partial charge in [-0.1, -0.05) is 24.3 Å². The van der Waals surface area contributed by atoms with E-state index in [1.807, 2.05) is 42.6 Å². The van der Waals surface area contributed by atoms with Gasteiger partial charge in [0.05, 0.1) is 18.5 Å². The highest BCUT2D eigenvalue weighted by Crippen LogP contribution is 2.30. The zero-order chi connectivity index (χ0) is 22.6. The minimum Gasteiger partial charge on any atom is -0.493 e. The molecule has 0 saturated carbocycles. The van der Waals surface area contributed by atoms with Gasteiger partial charge in [0.2, 0.25) is 5.91 Å². The number of benzene rings is 1. The van der Waals surface area contributed by atoms with Crippen LogP contribution in [0.2, 0.25) is 0 Å². The molecular weight excluding hydrogens is 416 g/mol. The molecule has 0 fully saturated rings. The minimum atomic E-state index is -0.241. The maximum atomic E-state index is 12.7. The predicted octanol–water partition coefficient (Wildman–Crippen LogP) is 4.61. The molecule has 1 aliphatic heterocycles. The van der Waals surface area contributed by atoms with E-state index in [1.165, 1.54) is 0 Å². The zero-order valence-corrected chi connectivity index (χ0v) is 18.1. The number of rotatable bonds is 7. The van der Waals surface area contributed by atoms with Gasteiger partial charge >= 0.3 is 0 Å². The third-order valence-electron chi connectivity index (χ3n) is 5.90. The summed E-state index contributed by atoms with van der Waals surface area (Å²) in [4.78, 5) is 29.9. The molecule has 7 nitrogen and oxygen atoms in total. The molecule has 166 valence electrons. The van der Waals surface area contributed by atoms with Gasteiger partial charge in [0.15, 0.2) is 5.78 Å². The van der Waals surface area contributed by atoms with Crippen LogP contribution < -0.4 is 10.1 Å². The average molecular weight is 441 g/mol. The first-order valence-corrected chi connectivity index (χ1v) is 11.1. The Balaban J connectivity index is 1.28. The largest absolute Gasteiger partial charge is 0.493 e. The second kappa shape index (κ2) is 9.24. The second-order valence-corrected chi connectivity index (χ2v) is 8.20. The van der Waals surface area contributed by atoms with E-state index >= 15 is 0 Å². The smallest absolute Gasteiger partial charge is 0.225 e. The van der Waals surface area contributed by atoms with Crippen LogP contribution in [-0.2, 0) is 11.2 Å². The number of ketones is 1. The van der Waals surface area contributed by atoms with E-state index in [2.05, 4.69) is 32.7 Å². The van der Waals surface area contributed by atoms with Crippen molar-refractivity contribution >= 4 is 17.5 Å². The molecule has 1 amide bonds. The van der Waals surface area contributed by atoms with Crippen molar-refractivity contribution < 1.29 is 14.3 Å². The molecule has 3 aromatic rings. The molecule has 2 aromatic heterocycles. The van der Waals surface area contributed by atoms with E-state index in [-0.39, 0.29) is 30.4 Å². The van der Waals surface area contributed by atoms with Crippen LogP contribution in [0.5, 0.6) is 5.75 Å². The predicted molar refractivity (Wildman–Crippen MR) is 125 cm³/mol. The van der Waals surface area contributed by atoms with Crippen molar-refractivity contribution in [2.24, 2.45) is 0 Å². The van der Waals surface area contributed by atoms with Crippen molar-refractivity contribution in [3.8, 4) is 16.9 Å². The summed E-state index contributed by atoms with van der Waals surface area (Å²) in [5.41, 5.74) is 4.38. The van der Waals surface area contributed by atoms with Crippen molar-refractivity contribution in [1.29, 1.82) is 0 Å². The summed E-state index contributed by atoms with van der Waals surface area (Å²) in [7, 11) is 0. The van der Waals surface area contributed by atoms with Crippen LogP contribution in [0.1, 0.15) is 46.8 Å². The Kier molecular flexibility index (Phi) is 5.85. The number of amides is 1. The number of ether oxygens (including phenoxy) is 1. The van der Waals surface area contributed by atoms with Crippen LogP contribution in [0.25, 0.3) is 11.1 Å². The number of aromatic nitrogens is 3. The first kappa shape index (κ1) is 20.9. The fourth-order valence-electron chi connectivity index (χ4n) is 4.12. The lowest BCUT2D eigenvalue weighted by Crippen LogP contribution is -2.15. The number of carbonyl (C=O) groups is 2. The van der Waals surface area contributed by atoms with E-state index in [0.29, 0.717) is 18.0 Å². The molecule has 1 unspecified atom stereocenters. The number of hydrogen-bond acceptors (Lipinski definition) is 5. The van der Waals surface area contributed by atoms with E-state index in [1.54, 1.807) is 12.3 Å². The second-order valence-electron chi connectivity index (χ2n) is 8.20. The molecule has 2 aliphatic rings. The first-order chi connectivity index (χ1) is 16.2. The number of carbonyl (C=O) groups excluding carboxylic acids is 2.